The number of allylic oxidation sites excluding steroid dienone is 3. The van der Waals surface area contributed by atoms with Crippen LogP contribution in [0.1, 0.15) is 25.3 Å². The van der Waals surface area contributed by atoms with E-state index in [-0.39, 0.29) is 17.2 Å². The normalized spacial score (nSPS) is 17.9. The number of hydrogen-bond donors (Lipinski definition) is 1. The lowest BCUT2D eigenvalue weighted by Gasteiger charge is -2.27. The molecule has 1 aromatic carbocycles. The molecule has 2 N–H and O–H groups in total. The average Bonchev–Trinajstić information content (AvgIpc) is 2.45. The van der Waals surface area contributed by atoms with Crippen molar-refractivity contribution in [1.82, 2.24) is 0 Å². The molecule has 6 heteroatoms. The molecule has 114 valence electrons. The molecule has 0 bridgehead atoms. The van der Waals surface area contributed by atoms with Crippen molar-refractivity contribution in [2.75, 3.05) is 7.11 Å². The zero-order chi connectivity index (χ0) is 16.4. The van der Waals surface area contributed by atoms with Gasteiger partial charge >= 0.3 is 0 Å². The van der Waals surface area contributed by atoms with Gasteiger partial charge in [-0.05, 0) is 54.6 Å². The van der Waals surface area contributed by atoms with Crippen LogP contribution in [-0.4, -0.2) is 12.9 Å². The Labute approximate surface area is 142 Å². The van der Waals surface area contributed by atoms with Crippen LogP contribution in [-0.2, 0) is 9.53 Å². The lowest BCUT2D eigenvalue weighted by atomic mass is 9.81. The Morgan fingerprint density at radius 3 is 2.73 bits per heavy atom. The van der Waals surface area contributed by atoms with Gasteiger partial charge in [-0.2, -0.15) is 5.26 Å². The Kier molecular flexibility index (Phi) is 4.76. The topological polar surface area (TPSA) is 85.3 Å². The number of rotatable bonds is 3. The molecule has 1 atom stereocenters. The predicted molar refractivity (Wildman–Crippen MR) is 89.7 cm³/mol. The maximum atomic E-state index is 12.1. The molecule has 0 amide bonds. The molecule has 0 saturated heterocycles. The lowest BCUT2D eigenvalue weighted by Crippen LogP contribution is -2.23. The number of carbonyl (C=O) groups excluding carboxylic acids is 1. The van der Waals surface area contributed by atoms with Crippen molar-refractivity contribution < 1.29 is 14.3 Å². The van der Waals surface area contributed by atoms with Crippen LogP contribution in [0.15, 0.2) is 41.0 Å². The predicted octanol–water partition coefficient (Wildman–Crippen LogP) is 2.97. The van der Waals surface area contributed by atoms with Crippen LogP contribution < -0.4 is 10.5 Å². The molecule has 0 unspecified atom stereocenters. The largest absolute Gasteiger partial charge is 0.496 e. The fourth-order valence-electron chi connectivity index (χ4n) is 2.58. The minimum Gasteiger partial charge on any atom is -0.496 e. The van der Waals surface area contributed by atoms with Crippen molar-refractivity contribution in [3.8, 4) is 11.8 Å². The summed E-state index contributed by atoms with van der Waals surface area (Å²) in [6.45, 7) is 3.12. The zero-order valence-corrected chi connectivity index (χ0v) is 14.6. The fourth-order valence-corrected chi connectivity index (χ4v) is 3.09. The number of Topliss-reactive ketones (excluding diaryl/α,β-unsaturated/α-hetero) is 1. The maximum Gasteiger partial charge on any atom is 0.205 e. The first-order chi connectivity index (χ1) is 10.4. The highest BCUT2D eigenvalue weighted by molar-refractivity contribution is 14.1. The minimum absolute atomic E-state index is 0.0240. The van der Waals surface area contributed by atoms with Crippen molar-refractivity contribution >= 4 is 28.4 Å². The van der Waals surface area contributed by atoms with Gasteiger partial charge in [0.1, 0.15) is 23.2 Å². The minimum atomic E-state index is -0.582. The highest BCUT2D eigenvalue weighted by Gasteiger charge is 2.35. The molecule has 0 saturated carbocycles. The molecule has 1 aromatic rings. The Morgan fingerprint density at radius 2 is 2.18 bits per heavy atom. The molecule has 22 heavy (non-hydrogen) atoms. The van der Waals surface area contributed by atoms with Crippen LogP contribution in [0, 0.1) is 14.9 Å². The van der Waals surface area contributed by atoms with Gasteiger partial charge in [-0.15, -0.1) is 0 Å². The molecular formula is C16H15IN2O3. The van der Waals surface area contributed by atoms with Crippen LogP contribution >= 0.6 is 22.6 Å². The van der Waals surface area contributed by atoms with Crippen molar-refractivity contribution in [2.45, 2.75) is 19.8 Å². The van der Waals surface area contributed by atoms with Gasteiger partial charge in [0.05, 0.1) is 13.0 Å². The molecule has 2 rings (SSSR count). The smallest absolute Gasteiger partial charge is 0.205 e. The molecule has 1 heterocycles. The second kappa shape index (κ2) is 6.40. The zero-order valence-electron chi connectivity index (χ0n) is 12.4. The summed E-state index contributed by atoms with van der Waals surface area (Å²) in [7, 11) is 1.55. The van der Waals surface area contributed by atoms with Crippen LogP contribution in [0.4, 0.5) is 0 Å². The number of carbonyl (C=O) groups is 1. The average molecular weight is 410 g/mol. The van der Waals surface area contributed by atoms with Gasteiger partial charge in [0.25, 0.3) is 0 Å². The number of nitrogens with two attached hydrogens (primary N) is 1. The standard InChI is InChI=1S/C16H15IN2O3/c1-8(20)14-9(2)22-16(19)12(7-18)15(14)11-6-10(17)4-5-13(11)21-3/h4-6,15H,19H2,1-3H3/t15-/m1/s1. The third kappa shape index (κ3) is 2.81. The van der Waals surface area contributed by atoms with E-state index in [2.05, 4.69) is 28.7 Å². The Hall–Kier alpha value is -2.01. The molecule has 0 spiro atoms. The van der Waals surface area contributed by atoms with Crippen LogP contribution in [0.25, 0.3) is 0 Å². The van der Waals surface area contributed by atoms with Crippen molar-refractivity contribution in [3.05, 3.63) is 50.1 Å². The first kappa shape index (κ1) is 16.4. The molecule has 1 aliphatic rings. The number of nitriles is 1. The fraction of sp³-hybridized carbons (Fsp3) is 0.250. The van der Waals surface area contributed by atoms with Crippen molar-refractivity contribution in [2.24, 2.45) is 5.73 Å². The van der Waals surface area contributed by atoms with E-state index in [4.69, 9.17) is 15.2 Å². The molecule has 1 aliphatic heterocycles. The van der Waals surface area contributed by atoms with E-state index < -0.39 is 5.92 Å². The number of hydrogen-bond acceptors (Lipinski definition) is 5. The quantitative estimate of drug-likeness (QED) is 0.775. The van der Waals surface area contributed by atoms with E-state index >= 15 is 0 Å². The van der Waals surface area contributed by atoms with Gasteiger partial charge < -0.3 is 15.2 Å². The van der Waals surface area contributed by atoms with Crippen LogP contribution in [0.2, 0.25) is 0 Å². The van der Waals surface area contributed by atoms with E-state index in [1.165, 1.54) is 6.92 Å². The summed E-state index contributed by atoms with van der Waals surface area (Å²) in [5, 5.41) is 9.47. The lowest BCUT2D eigenvalue weighted by molar-refractivity contribution is -0.114. The van der Waals surface area contributed by atoms with E-state index in [0.717, 1.165) is 9.13 Å². The van der Waals surface area contributed by atoms with Gasteiger partial charge in [0.2, 0.25) is 5.88 Å². The summed E-state index contributed by atoms with van der Waals surface area (Å²) in [6, 6.07) is 7.65. The number of ether oxygens (including phenoxy) is 2. The highest BCUT2D eigenvalue weighted by atomic mass is 127. The Morgan fingerprint density at radius 1 is 1.50 bits per heavy atom. The van der Waals surface area contributed by atoms with Crippen molar-refractivity contribution in [3.63, 3.8) is 0 Å². The SMILES string of the molecule is COc1ccc(I)cc1[C@@H]1C(C#N)=C(N)OC(C)=C1C(C)=O. The molecule has 0 radical (unpaired) electrons. The van der Waals surface area contributed by atoms with Gasteiger partial charge in [-0.1, -0.05) is 0 Å². The third-order valence-electron chi connectivity index (χ3n) is 3.49. The summed E-state index contributed by atoms with van der Waals surface area (Å²) in [5.74, 6) is 0.287. The van der Waals surface area contributed by atoms with E-state index in [9.17, 15) is 10.1 Å². The first-order valence-electron chi connectivity index (χ1n) is 6.53. The first-order valence-corrected chi connectivity index (χ1v) is 7.61. The monoisotopic (exact) mass is 410 g/mol. The Bertz CT molecular complexity index is 744. The second-order valence-corrected chi connectivity index (χ2v) is 6.08. The summed E-state index contributed by atoms with van der Waals surface area (Å²) in [4.78, 5) is 12.1. The summed E-state index contributed by atoms with van der Waals surface area (Å²) < 4.78 is 11.7. The number of ketones is 1. The number of benzene rings is 1. The van der Waals surface area contributed by atoms with Crippen LogP contribution in [0.3, 0.4) is 0 Å². The molecular weight excluding hydrogens is 395 g/mol. The number of methoxy groups -OCH3 is 1. The van der Waals surface area contributed by atoms with E-state index in [0.29, 0.717) is 17.1 Å². The molecule has 0 fully saturated rings. The van der Waals surface area contributed by atoms with E-state index in [1.54, 1.807) is 14.0 Å². The van der Waals surface area contributed by atoms with Crippen LogP contribution in [0.5, 0.6) is 5.75 Å². The highest BCUT2D eigenvalue weighted by Crippen LogP contribution is 2.43. The molecule has 0 aromatic heterocycles. The summed E-state index contributed by atoms with van der Waals surface area (Å²) in [6.07, 6.45) is 0. The summed E-state index contributed by atoms with van der Waals surface area (Å²) in [5.41, 5.74) is 7.21. The molecule has 0 aliphatic carbocycles. The molecule has 5 nitrogen and oxygen atoms in total. The van der Waals surface area contributed by atoms with Crippen molar-refractivity contribution in [1.29, 1.82) is 5.26 Å². The van der Waals surface area contributed by atoms with Gasteiger partial charge in [-0.3, -0.25) is 4.79 Å². The number of halogens is 1. The van der Waals surface area contributed by atoms with Gasteiger partial charge in [0, 0.05) is 14.7 Å². The van der Waals surface area contributed by atoms with E-state index in [1.807, 2.05) is 18.2 Å². The maximum absolute atomic E-state index is 12.1. The second-order valence-electron chi connectivity index (χ2n) is 4.84. The third-order valence-corrected chi connectivity index (χ3v) is 4.16. The number of nitrogens with zero attached hydrogens (tertiary/aromatic N) is 1. The van der Waals surface area contributed by atoms with Gasteiger partial charge in [0.15, 0.2) is 5.78 Å². The van der Waals surface area contributed by atoms with Gasteiger partial charge in [-0.25, -0.2) is 0 Å². The Balaban J connectivity index is 2.77. The summed E-state index contributed by atoms with van der Waals surface area (Å²) >= 11 is 2.17.